The average Bonchev–Trinajstić information content (AvgIpc) is 3.18. The maximum absolute atomic E-state index is 4.77. The number of thiophene rings is 1. The molecule has 33 heavy (non-hydrogen) atoms. The highest BCUT2D eigenvalue weighted by molar-refractivity contribution is 7.19. The van der Waals surface area contributed by atoms with Gasteiger partial charge in [0.15, 0.2) is 0 Å². The van der Waals surface area contributed by atoms with Gasteiger partial charge in [0.1, 0.15) is 0 Å². The molecule has 5 rings (SSSR count). The molecule has 0 saturated heterocycles. The quantitative estimate of drug-likeness (QED) is 0.266. The minimum atomic E-state index is 0.0604. The van der Waals surface area contributed by atoms with Gasteiger partial charge in [-0.2, -0.15) is 0 Å². The van der Waals surface area contributed by atoms with Crippen molar-refractivity contribution in [2.45, 2.75) is 46.5 Å². The molecule has 0 aliphatic rings. The fourth-order valence-corrected chi connectivity index (χ4v) is 5.88. The molecule has 0 N–H and O–H groups in total. The Hall–Kier alpha value is -2.97. The Kier molecular flexibility index (Phi) is 5.58. The summed E-state index contributed by atoms with van der Waals surface area (Å²) in [5.41, 5.74) is 6.08. The maximum atomic E-state index is 4.77. The molecule has 0 saturated carbocycles. The van der Waals surface area contributed by atoms with E-state index >= 15 is 0 Å². The lowest BCUT2D eigenvalue weighted by molar-refractivity contribution is 0.596. The van der Waals surface area contributed by atoms with Gasteiger partial charge in [-0.05, 0) is 93.1 Å². The van der Waals surface area contributed by atoms with Gasteiger partial charge >= 0.3 is 0 Å². The summed E-state index contributed by atoms with van der Waals surface area (Å²) in [5.74, 6) is 0.681. The van der Waals surface area contributed by atoms with Gasteiger partial charge in [0.05, 0.1) is 5.69 Å². The number of pyridine rings is 1. The topological polar surface area (TPSA) is 12.9 Å². The summed E-state index contributed by atoms with van der Waals surface area (Å²) in [6.07, 6.45) is 3.09. The van der Waals surface area contributed by atoms with E-state index in [1.54, 1.807) is 0 Å². The number of rotatable bonds is 4. The largest absolute Gasteiger partial charge is 0.256 e. The normalized spacial score (nSPS) is 12.2. The summed E-state index contributed by atoms with van der Waals surface area (Å²) in [5, 5.41) is 3.93. The van der Waals surface area contributed by atoms with Crippen LogP contribution in [-0.4, -0.2) is 4.98 Å². The van der Waals surface area contributed by atoms with Crippen molar-refractivity contribution in [3.05, 3.63) is 89.4 Å². The Morgan fingerprint density at radius 3 is 2.33 bits per heavy atom. The fraction of sp³-hybridized carbons (Fsp3) is 0.258. The molecule has 0 spiro atoms. The molecule has 166 valence electrons. The first-order chi connectivity index (χ1) is 15.8. The lowest BCUT2D eigenvalue weighted by Crippen LogP contribution is -2.12. The lowest BCUT2D eigenvalue weighted by Gasteiger charge is -2.22. The van der Waals surface area contributed by atoms with E-state index in [0.29, 0.717) is 5.92 Å². The first kappa shape index (κ1) is 21.9. The summed E-state index contributed by atoms with van der Waals surface area (Å²) >= 11 is 1.92. The number of aromatic nitrogens is 1. The van der Waals surface area contributed by atoms with Crippen molar-refractivity contribution in [2.24, 2.45) is 5.92 Å². The highest BCUT2D eigenvalue weighted by Crippen LogP contribution is 2.36. The summed E-state index contributed by atoms with van der Waals surface area (Å²) in [6, 6.07) is 26.9. The van der Waals surface area contributed by atoms with Crippen LogP contribution in [0.2, 0.25) is 0 Å². The van der Waals surface area contributed by atoms with Gasteiger partial charge in [-0.25, -0.2) is 0 Å². The molecule has 0 aliphatic carbocycles. The highest BCUT2D eigenvalue weighted by Gasteiger charge is 2.18. The molecule has 2 aromatic heterocycles. The van der Waals surface area contributed by atoms with Crippen LogP contribution in [0.1, 0.15) is 45.1 Å². The van der Waals surface area contributed by atoms with Crippen LogP contribution >= 0.6 is 11.3 Å². The summed E-state index contributed by atoms with van der Waals surface area (Å²) < 4.78 is 1.37. The van der Waals surface area contributed by atoms with Crippen LogP contribution in [0, 0.1) is 5.92 Å². The van der Waals surface area contributed by atoms with Gasteiger partial charge in [0.2, 0.25) is 0 Å². The Balaban J connectivity index is 1.58. The zero-order valence-electron chi connectivity index (χ0n) is 20.1. The molecule has 2 heterocycles. The number of nitrogens with zero attached hydrogens (tertiary/aromatic N) is 1. The van der Waals surface area contributed by atoms with Crippen LogP contribution in [0.25, 0.3) is 43.2 Å². The smallest absolute Gasteiger partial charge is 0.0708 e. The van der Waals surface area contributed by atoms with Crippen LogP contribution in [0.3, 0.4) is 0 Å². The second kappa shape index (κ2) is 8.43. The van der Waals surface area contributed by atoms with Crippen LogP contribution in [0.4, 0.5) is 0 Å². The third kappa shape index (κ3) is 4.45. The lowest BCUT2D eigenvalue weighted by atomic mass is 9.82. The first-order valence-electron chi connectivity index (χ1n) is 11.8. The third-order valence-corrected chi connectivity index (χ3v) is 7.37. The Morgan fingerprint density at radius 2 is 1.55 bits per heavy atom. The number of fused-ring (bicyclic) bond motifs is 2. The minimum absolute atomic E-state index is 0.0604. The van der Waals surface area contributed by atoms with E-state index in [2.05, 4.69) is 107 Å². The van der Waals surface area contributed by atoms with E-state index in [4.69, 9.17) is 4.98 Å². The van der Waals surface area contributed by atoms with Crippen LogP contribution in [0.5, 0.6) is 0 Å². The summed E-state index contributed by atoms with van der Waals surface area (Å²) in [6.45, 7) is 11.4. The van der Waals surface area contributed by atoms with Crippen LogP contribution in [0.15, 0.2) is 79.0 Å². The van der Waals surface area contributed by atoms with E-state index < -0.39 is 0 Å². The predicted octanol–water partition coefficient (Wildman–Crippen LogP) is 9.28. The molecular weight excluding hydrogens is 418 g/mol. The molecule has 0 unspecified atom stereocenters. The third-order valence-electron chi connectivity index (χ3n) is 6.24. The zero-order valence-corrected chi connectivity index (χ0v) is 21.0. The Bertz CT molecular complexity index is 1450. The molecular formula is C31H31NS. The van der Waals surface area contributed by atoms with E-state index in [1.165, 1.54) is 48.0 Å². The second-order valence-corrected chi connectivity index (χ2v) is 11.7. The van der Waals surface area contributed by atoms with Gasteiger partial charge in [-0.1, -0.05) is 65.0 Å². The standard InChI is InChI=1S/C31H31NS/c1-20(2)14-26-17-25-15-21(10-11-30(25)33-26)22-12-13-32-29(19-22)24-16-23-8-6-7-9-27(23)28(18-24)31(3,4)5/h6-13,15-20H,14H2,1-5H3. The Morgan fingerprint density at radius 1 is 0.788 bits per heavy atom. The fourth-order valence-electron chi connectivity index (χ4n) is 4.63. The monoisotopic (exact) mass is 449 g/mol. The van der Waals surface area contributed by atoms with E-state index in [0.717, 1.165) is 12.1 Å². The number of hydrogen-bond donors (Lipinski definition) is 0. The minimum Gasteiger partial charge on any atom is -0.256 e. The average molecular weight is 450 g/mol. The molecule has 0 radical (unpaired) electrons. The Labute approximate surface area is 201 Å². The van der Waals surface area contributed by atoms with Crippen molar-refractivity contribution in [1.29, 1.82) is 0 Å². The molecule has 1 nitrogen and oxygen atoms in total. The molecule has 0 bridgehead atoms. The van der Waals surface area contributed by atoms with E-state index in [-0.39, 0.29) is 5.41 Å². The summed E-state index contributed by atoms with van der Waals surface area (Å²) in [4.78, 5) is 6.24. The van der Waals surface area contributed by atoms with E-state index in [9.17, 15) is 0 Å². The summed E-state index contributed by atoms with van der Waals surface area (Å²) in [7, 11) is 0. The molecule has 0 amide bonds. The predicted molar refractivity (Wildman–Crippen MR) is 145 cm³/mol. The highest BCUT2D eigenvalue weighted by atomic mass is 32.1. The van der Waals surface area contributed by atoms with Crippen molar-refractivity contribution in [2.75, 3.05) is 0 Å². The van der Waals surface area contributed by atoms with Gasteiger partial charge in [0.25, 0.3) is 0 Å². The number of benzene rings is 3. The SMILES string of the molecule is CC(C)Cc1cc2cc(-c3ccnc(-c4cc(C(C)(C)C)c5ccccc5c4)c3)ccc2s1. The van der Waals surface area contributed by atoms with Crippen LogP contribution in [-0.2, 0) is 11.8 Å². The van der Waals surface area contributed by atoms with Crippen molar-refractivity contribution in [3.63, 3.8) is 0 Å². The van der Waals surface area contributed by atoms with Gasteiger partial charge in [0, 0.05) is 21.3 Å². The molecule has 0 atom stereocenters. The van der Waals surface area contributed by atoms with Gasteiger partial charge < -0.3 is 0 Å². The first-order valence-corrected chi connectivity index (χ1v) is 12.6. The molecule has 3 aromatic carbocycles. The van der Waals surface area contributed by atoms with Gasteiger partial charge in [-0.15, -0.1) is 11.3 Å². The van der Waals surface area contributed by atoms with E-state index in [1.807, 2.05) is 17.5 Å². The van der Waals surface area contributed by atoms with Crippen molar-refractivity contribution >= 4 is 32.2 Å². The number of hydrogen-bond acceptors (Lipinski definition) is 2. The maximum Gasteiger partial charge on any atom is 0.0708 e. The van der Waals surface area contributed by atoms with Gasteiger partial charge in [-0.3, -0.25) is 4.98 Å². The zero-order chi connectivity index (χ0) is 23.2. The van der Waals surface area contributed by atoms with Crippen LogP contribution < -0.4 is 0 Å². The van der Waals surface area contributed by atoms with Crippen molar-refractivity contribution < 1.29 is 0 Å². The van der Waals surface area contributed by atoms with Crippen molar-refractivity contribution in [1.82, 2.24) is 4.98 Å². The molecule has 5 aromatic rings. The molecule has 0 fully saturated rings. The molecule has 2 heteroatoms. The second-order valence-electron chi connectivity index (χ2n) is 10.5. The van der Waals surface area contributed by atoms with Crippen molar-refractivity contribution in [3.8, 4) is 22.4 Å². The molecule has 0 aliphatic heterocycles.